The van der Waals surface area contributed by atoms with E-state index in [4.69, 9.17) is 22.1 Å². The number of halogens is 1. The lowest BCUT2D eigenvalue weighted by Crippen LogP contribution is -2.43. The number of ether oxygens (including phenoxy) is 1. The van der Waals surface area contributed by atoms with E-state index in [0.717, 1.165) is 36.6 Å². The Morgan fingerprint density at radius 1 is 1.26 bits per heavy atom. The molecule has 2 aliphatic rings. The van der Waals surface area contributed by atoms with Gasteiger partial charge < -0.3 is 10.5 Å². The van der Waals surface area contributed by atoms with Gasteiger partial charge in [-0.2, -0.15) is 0 Å². The number of morpholine rings is 1. The molecule has 2 fully saturated rings. The number of nitrogens with zero attached hydrogens (tertiary/aromatic N) is 1. The van der Waals surface area contributed by atoms with Gasteiger partial charge in [0, 0.05) is 30.7 Å². The summed E-state index contributed by atoms with van der Waals surface area (Å²) in [7, 11) is 0. The van der Waals surface area contributed by atoms with Crippen molar-refractivity contribution in [2.24, 2.45) is 5.73 Å². The Bertz CT molecular complexity index is 428. The van der Waals surface area contributed by atoms with Crippen LogP contribution in [-0.4, -0.2) is 36.7 Å². The van der Waals surface area contributed by atoms with Crippen LogP contribution in [0.5, 0.6) is 0 Å². The third-order valence-electron chi connectivity index (χ3n) is 4.18. The number of nitrogens with two attached hydrogens (primary N) is 1. The van der Waals surface area contributed by atoms with Crippen LogP contribution in [0, 0.1) is 0 Å². The van der Waals surface area contributed by atoms with Gasteiger partial charge in [0.25, 0.3) is 0 Å². The Kier molecular flexibility index (Phi) is 4.08. The molecule has 2 saturated heterocycles. The van der Waals surface area contributed by atoms with Crippen LogP contribution in [0.1, 0.15) is 30.9 Å². The monoisotopic (exact) mass is 280 g/mol. The van der Waals surface area contributed by atoms with E-state index in [1.165, 1.54) is 12.8 Å². The summed E-state index contributed by atoms with van der Waals surface area (Å²) in [5.41, 5.74) is 7.31. The maximum absolute atomic E-state index is 6.26. The lowest BCUT2D eigenvalue weighted by molar-refractivity contribution is -0.0388. The van der Waals surface area contributed by atoms with Crippen molar-refractivity contribution >= 4 is 11.6 Å². The fourth-order valence-electron chi connectivity index (χ4n) is 3.13. The van der Waals surface area contributed by atoms with Crippen LogP contribution in [0.25, 0.3) is 0 Å². The van der Waals surface area contributed by atoms with Crippen LogP contribution in [-0.2, 0) is 4.74 Å². The van der Waals surface area contributed by atoms with Gasteiger partial charge >= 0.3 is 0 Å². The second-order valence-corrected chi connectivity index (χ2v) is 6.04. The van der Waals surface area contributed by atoms with E-state index in [-0.39, 0.29) is 6.04 Å². The van der Waals surface area contributed by atoms with Crippen LogP contribution in [0.4, 0.5) is 0 Å². The van der Waals surface area contributed by atoms with Crippen LogP contribution in [0.15, 0.2) is 24.3 Å². The molecule has 0 radical (unpaired) electrons. The molecule has 1 aromatic carbocycles. The van der Waals surface area contributed by atoms with Crippen molar-refractivity contribution in [1.82, 2.24) is 4.90 Å². The van der Waals surface area contributed by atoms with E-state index in [1.54, 1.807) is 0 Å². The average Bonchev–Trinajstić information content (AvgIpc) is 2.76. The molecule has 19 heavy (non-hydrogen) atoms. The Labute approximate surface area is 119 Å². The van der Waals surface area contributed by atoms with Crippen LogP contribution in [0.3, 0.4) is 0 Å². The minimum atomic E-state index is 0.0224. The van der Waals surface area contributed by atoms with Crippen molar-refractivity contribution in [3.8, 4) is 0 Å². The Morgan fingerprint density at radius 2 is 1.95 bits per heavy atom. The van der Waals surface area contributed by atoms with E-state index in [1.807, 2.05) is 24.3 Å². The summed E-state index contributed by atoms with van der Waals surface area (Å²) in [5.74, 6) is 0. The van der Waals surface area contributed by atoms with E-state index in [2.05, 4.69) is 4.90 Å². The zero-order valence-corrected chi connectivity index (χ0v) is 11.9. The van der Waals surface area contributed by atoms with Crippen molar-refractivity contribution < 1.29 is 4.74 Å². The van der Waals surface area contributed by atoms with E-state index < -0.39 is 0 Å². The Hall–Kier alpha value is -0.610. The Morgan fingerprint density at radius 3 is 2.63 bits per heavy atom. The molecule has 2 aliphatic heterocycles. The van der Waals surface area contributed by atoms with Crippen LogP contribution < -0.4 is 5.73 Å². The number of hydrogen-bond acceptors (Lipinski definition) is 3. The molecule has 2 N–H and O–H groups in total. The summed E-state index contributed by atoms with van der Waals surface area (Å²) in [6.07, 6.45) is 4.30. The van der Waals surface area contributed by atoms with Gasteiger partial charge in [0.15, 0.2) is 0 Å². The van der Waals surface area contributed by atoms with Gasteiger partial charge in [-0.1, -0.05) is 29.8 Å². The second-order valence-electron chi connectivity index (χ2n) is 5.63. The maximum atomic E-state index is 6.26. The third-order valence-corrected chi connectivity index (χ3v) is 4.52. The topological polar surface area (TPSA) is 38.5 Å². The summed E-state index contributed by atoms with van der Waals surface area (Å²) < 4.78 is 5.84. The molecule has 3 rings (SSSR count). The van der Waals surface area contributed by atoms with Gasteiger partial charge in [-0.15, -0.1) is 0 Å². The molecule has 2 heterocycles. The first-order valence-corrected chi connectivity index (χ1v) is 7.48. The van der Waals surface area contributed by atoms with E-state index >= 15 is 0 Å². The van der Waals surface area contributed by atoms with Gasteiger partial charge in [0.2, 0.25) is 0 Å². The van der Waals surface area contributed by atoms with E-state index in [9.17, 15) is 0 Å². The molecule has 104 valence electrons. The standard InChI is InChI=1S/C15H21ClN2O/c16-14-4-2-1-3-13(14)15(17)7-8-18-9-11-5-6-12(10-18)19-11/h1-4,11-12,15H,5-10,17H2. The minimum Gasteiger partial charge on any atom is -0.372 e. The molecule has 0 aromatic heterocycles. The smallest absolute Gasteiger partial charge is 0.0707 e. The molecular weight excluding hydrogens is 260 g/mol. The normalized spacial score (nSPS) is 28.5. The number of hydrogen-bond donors (Lipinski definition) is 1. The van der Waals surface area contributed by atoms with Crippen molar-refractivity contribution in [2.75, 3.05) is 19.6 Å². The number of likely N-dealkylation sites (tertiary alicyclic amines) is 1. The first-order chi connectivity index (χ1) is 9.22. The molecule has 3 nitrogen and oxygen atoms in total. The van der Waals surface area contributed by atoms with Crippen molar-refractivity contribution in [2.45, 2.75) is 37.5 Å². The van der Waals surface area contributed by atoms with Crippen LogP contribution in [0.2, 0.25) is 5.02 Å². The zero-order chi connectivity index (χ0) is 13.2. The highest BCUT2D eigenvalue weighted by atomic mass is 35.5. The molecule has 3 atom stereocenters. The van der Waals surface area contributed by atoms with Crippen LogP contribution >= 0.6 is 11.6 Å². The minimum absolute atomic E-state index is 0.0224. The molecule has 0 spiro atoms. The fraction of sp³-hybridized carbons (Fsp3) is 0.600. The largest absolute Gasteiger partial charge is 0.372 e. The average molecular weight is 281 g/mol. The molecule has 1 aromatic rings. The lowest BCUT2D eigenvalue weighted by atomic mass is 10.0. The fourth-order valence-corrected chi connectivity index (χ4v) is 3.41. The molecular formula is C15H21ClN2O. The summed E-state index contributed by atoms with van der Waals surface area (Å²) in [6.45, 7) is 3.15. The van der Waals surface area contributed by atoms with Gasteiger partial charge in [-0.05, 0) is 30.9 Å². The van der Waals surface area contributed by atoms with E-state index in [0.29, 0.717) is 12.2 Å². The molecule has 2 bridgehead atoms. The lowest BCUT2D eigenvalue weighted by Gasteiger charge is -2.32. The summed E-state index contributed by atoms with van der Waals surface area (Å²) in [6, 6.07) is 7.89. The molecule has 0 amide bonds. The third kappa shape index (κ3) is 3.11. The predicted octanol–water partition coefficient (Wildman–Crippen LogP) is 2.59. The SMILES string of the molecule is NC(CCN1CC2CCC(C1)O2)c1ccccc1Cl. The van der Waals surface area contributed by atoms with Gasteiger partial charge in [0.05, 0.1) is 12.2 Å². The maximum Gasteiger partial charge on any atom is 0.0707 e. The van der Waals surface area contributed by atoms with Crippen molar-refractivity contribution in [3.05, 3.63) is 34.9 Å². The summed E-state index contributed by atoms with van der Waals surface area (Å²) >= 11 is 6.18. The molecule has 0 aliphatic carbocycles. The molecule has 3 unspecified atom stereocenters. The highest BCUT2D eigenvalue weighted by molar-refractivity contribution is 6.31. The van der Waals surface area contributed by atoms with Gasteiger partial charge in [-0.25, -0.2) is 0 Å². The van der Waals surface area contributed by atoms with Crippen molar-refractivity contribution in [1.29, 1.82) is 0 Å². The van der Waals surface area contributed by atoms with Crippen molar-refractivity contribution in [3.63, 3.8) is 0 Å². The van der Waals surface area contributed by atoms with Gasteiger partial charge in [-0.3, -0.25) is 4.90 Å². The Balaban J connectivity index is 1.53. The zero-order valence-electron chi connectivity index (χ0n) is 11.1. The second kappa shape index (κ2) is 5.80. The van der Waals surface area contributed by atoms with Gasteiger partial charge in [0.1, 0.15) is 0 Å². The number of fused-ring (bicyclic) bond motifs is 2. The quantitative estimate of drug-likeness (QED) is 0.921. The number of rotatable bonds is 4. The molecule has 4 heteroatoms. The first kappa shape index (κ1) is 13.4. The summed E-state index contributed by atoms with van der Waals surface area (Å²) in [4.78, 5) is 2.49. The summed E-state index contributed by atoms with van der Waals surface area (Å²) in [5, 5.41) is 0.775. The predicted molar refractivity (Wildman–Crippen MR) is 77.3 cm³/mol. The highest BCUT2D eigenvalue weighted by Crippen LogP contribution is 2.28. The molecule has 0 saturated carbocycles. The first-order valence-electron chi connectivity index (χ1n) is 7.10. The number of benzene rings is 1. The highest BCUT2D eigenvalue weighted by Gasteiger charge is 2.33.